The molecular weight excluding hydrogens is 835 g/mol. The molecule has 4 N–H and O–H groups in total. The third-order valence-electron chi connectivity index (χ3n) is 14.4. The Balaban J connectivity index is 3.49. The maximum atomic E-state index is 12.5. The Hall–Kier alpha value is -1.43. The molecule has 3 atom stereocenters. The molecule has 0 aliphatic carbocycles. The standard InChI is InChI=1S/C63H121NO4/c1-3-5-7-9-11-13-15-17-19-21-23-24-25-26-27-28-29-30-31-32-33-34-35-36-37-38-39-40-42-44-46-48-50-52-54-56-60(66)58-63(68)64-61(59-65)62(67)57-55-53-51-49-47-45-43-41-22-20-18-16-14-12-10-8-6-4-2/h22,41,47,49,55,57,60-62,65-67H,3-21,23-40,42-46,48,50-54,56,58-59H2,1-2H3,(H,64,68)/b41-22+,49-47+,57-55+. The lowest BCUT2D eigenvalue weighted by Crippen LogP contribution is -2.45. The van der Waals surface area contributed by atoms with E-state index in [1.54, 1.807) is 6.08 Å². The van der Waals surface area contributed by atoms with Crippen LogP contribution >= 0.6 is 0 Å². The van der Waals surface area contributed by atoms with Gasteiger partial charge in [0.15, 0.2) is 0 Å². The van der Waals surface area contributed by atoms with Gasteiger partial charge in [0.1, 0.15) is 0 Å². The van der Waals surface area contributed by atoms with Crippen molar-refractivity contribution in [3.05, 3.63) is 36.5 Å². The van der Waals surface area contributed by atoms with Crippen LogP contribution in [0, 0.1) is 0 Å². The van der Waals surface area contributed by atoms with E-state index >= 15 is 0 Å². The lowest BCUT2D eigenvalue weighted by Gasteiger charge is -2.21. The molecule has 0 heterocycles. The van der Waals surface area contributed by atoms with Gasteiger partial charge >= 0.3 is 0 Å². The van der Waals surface area contributed by atoms with Crippen molar-refractivity contribution in [1.82, 2.24) is 5.32 Å². The molecule has 0 fully saturated rings. The van der Waals surface area contributed by atoms with Crippen LogP contribution in [0.5, 0.6) is 0 Å². The van der Waals surface area contributed by atoms with Gasteiger partial charge in [0.25, 0.3) is 0 Å². The number of carbonyl (C=O) groups is 1. The van der Waals surface area contributed by atoms with Crippen molar-refractivity contribution in [3.63, 3.8) is 0 Å². The average Bonchev–Trinajstić information content (AvgIpc) is 3.33. The monoisotopic (exact) mass is 956 g/mol. The van der Waals surface area contributed by atoms with Crippen LogP contribution in [0.4, 0.5) is 0 Å². The Morgan fingerprint density at radius 2 is 0.632 bits per heavy atom. The molecule has 5 nitrogen and oxygen atoms in total. The third kappa shape index (κ3) is 53.9. The Bertz CT molecular complexity index is 1060. The van der Waals surface area contributed by atoms with Gasteiger partial charge in [0.2, 0.25) is 5.91 Å². The fourth-order valence-corrected chi connectivity index (χ4v) is 9.73. The third-order valence-corrected chi connectivity index (χ3v) is 14.4. The minimum absolute atomic E-state index is 0.00573. The number of amides is 1. The zero-order valence-corrected chi connectivity index (χ0v) is 46.0. The summed E-state index contributed by atoms with van der Waals surface area (Å²) < 4.78 is 0. The molecule has 0 aromatic heterocycles. The van der Waals surface area contributed by atoms with Gasteiger partial charge in [-0.3, -0.25) is 4.79 Å². The maximum absolute atomic E-state index is 12.5. The highest BCUT2D eigenvalue weighted by molar-refractivity contribution is 5.76. The lowest BCUT2D eigenvalue weighted by molar-refractivity contribution is -0.124. The second-order valence-corrected chi connectivity index (χ2v) is 21.3. The van der Waals surface area contributed by atoms with Gasteiger partial charge in [0.05, 0.1) is 31.3 Å². The van der Waals surface area contributed by atoms with E-state index in [2.05, 4.69) is 43.5 Å². The smallest absolute Gasteiger partial charge is 0.222 e. The van der Waals surface area contributed by atoms with E-state index in [1.807, 2.05) is 6.08 Å². The molecule has 0 saturated heterocycles. The number of aliphatic hydroxyl groups excluding tert-OH is 3. The average molecular weight is 957 g/mol. The second kappa shape index (κ2) is 58.1. The molecule has 0 radical (unpaired) electrons. The lowest BCUT2D eigenvalue weighted by atomic mass is 10.0. The molecule has 68 heavy (non-hydrogen) atoms. The van der Waals surface area contributed by atoms with Gasteiger partial charge in [-0.25, -0.2) is 0 Å². The summed E-state index contributed by atoms with van der Waals surface area (Å²) >= 11 is 0. The molecule has 0 rings (SSSR count). The van der Waals surface area contributed by atoms with Crippen LogP contribution in [0.1, 0.15) is 335 Å². The van der Waals surface area contributed by atoms with E-state index in [-0.39, 0.29) is 18.9 Å². The number of nitrogens with one attached hydrogen (secondary N) is 1. The van der Waals surface area contributed by atoms with Crippen LogP contribution in [0.2, 0.25) is 0 Å². The first-order valence-corrected chi connectivity index (χ1v) is 30.8. The number of allylic oxidation sites excluding steroid dienone is 5. The van der Waals surface area contributed by atoms with E-state index in [1.165, 1.54) is 270 Å². The van der Waals surface area contributed by atoms with Crippen LogP contribution in [0.25, 0.3) is 0 Å². The summed E-state index contributed by atoms with van der Waals surface area (Å²) in [6.45, 7) is 4.23. The van der Waals surface area contributed by atoms with Crippen molar-refractivity contribution in [2.24, 2.45) is 0 Å². The van der Waals surface area contributed by atoms with E-state index in [9.17, 15) is 20.1 Å². The molecule has 402 valence electrons. The fourth-order valence-electron chi connectivity index (χ4n) is 9.73. The van der Waals surface area contributed by atoms with Crippen molar-refractivity contribution in [3.8, 4) is 0 Å². The van der Waals surface area contributed by atoms with Gasteiger partial charge in [-0.2, -0.15) is 0 Å². The van der Waals surface area contributed by atoms with Crippen molar-refractivity contribution in [1.29, 1.82) is 0 Å². The first kappa shape index (κ1) is 66.6. The van der Waals surface area contributed by atoms with E-state index in [4.69, 9.17) is 0 Å². The van der Waals surface area contributed by atoms with Crippen LogP contribution < -0.4 is 5.32 Å². The number of hydrogen-bond acceptors (Lipinski definition) is 4. The topological polar surface area (TPSA) is 89.8 Å². The minimum atomic E-state index is -0.959. The number of hydrogen-bond donors (Lipinski definition) is 4. The SMILES string of the molecule is CCCCCCCCCC/C=C/CC/C=C/CC/C=C/C(O)C(CO)NC(=O)CC(O)CCCCCCCCCCCCCCCCCCCCCCCCCCCCCCCCCCCCC. The first-order chi connectivity index (χ1) is 33.5. The zero-order chi connectivity index (χ0) is 49.3. The predicted molar refractivity (Wildman–Crippen MR) is 301 cm³/mol. The van der Waals surface area contributed by atoms with Gasteiger partial charge in [-0.05, 0) is 44.9 Å². The fraction of sp³-hybridized carbons (Fsp3) is 0.889. The molecule has 1 amide bonds. The number of aliphatic hydroxyl groups is 3. The Labute approximate surface area is 425 Å². The Kier molecular flexibility index (Phi) is 56.9. The summed E-state index contributed by atoms with van der Waals surface area (Å²) in [6, 6.07) is -0.767. The second-order valence-electron chi connectivity index (χ2n) is 21.3. The molecule has 0 bridgehead atoms. The van der Waals surface area contributed by atoms with E-state index < -0.39 is 18.2 Å². The molecule has 0 saturated carbocycles. The Morgan fingerprint density at radius 1 is 0.368 bits per heavy atom. The van der Waals surface area contributed by atoms with Crippen LogP contribution in [-0.2, 0) is 4.79 Å². The largest absolute Gasteiger partial charge is 0.394 e. The van der Waals surface area contributed by atoms with Gasteiger partial charge in [-0.15, -0.1) is 0 Å². The molecule has 0 aromatic carbocycles. The van der Waals surface area contributed by atoms with Crippen LogP contribution in [0.3, 0.4) is 0 Å². The highest BCUT2D eigenvalue weighted by Gasteiger charge is 2.20. The molecule has 0 aliphatic rings. The quantitative estimate of drug-likeness (QED) is 0.0361. The summed E-state index contributed by atoms with van der Waals surface area (Å²) in [5, 5.41) is 33.4. The van der Waals surface area contributed by atoms with Gasteiger partial charge in [0, 0.05) is 0 Å². The van der Waals surface area contributed by atoms with Crippen molar-refractivity contribution in [2.45, 2.75) is 353 Å². The highest BCUT2D eigenvalue weighted by atomic mass is 16.3. The summed E-state index contributed by atoms with van der Waals surface area (Å²) in [5.41, 5.74) is 0. The van der Waals surface area contributed by atoms with Crippen molar-refractivity contribution < 1.29 is 20.1 Å². The number of rotatable bonds is 57. The highest BCUT2D eigenvalue weighted by Crippen LogP contribution is 2.18. The maximum Gasteiger partial charge on any atom is 0.222 e. The van der Waals surface area contributed by atoms with Crippen molar-refractivity contribution in [2.75, 3.05) is 6.61 Å². The minimum Gasteiger partial charge on any atom is -0.394 e. The van der Waals surface area contributed by atoms with E-state index in [0.717, 1.165) is 38.5 Å². The molecule has 0 aromatic rings. The molecular formula is C63H121NO4. The van der Waals surface area contributed by atoms with Gasteiger partial charge < -0.3 is 20.6 Å². The Morgan fingerprint density at radius 3 is 0.941 bits per heavy atom. The molecule has 0 spiro atoms. The summed E-state index contributed by atoms with van der Waals surface area (Å²) in [6.07, 6.45) is 76.6. The number of unbranched alkanes of at least 4 members (excludes halogenated alkanes) is 44. The number of carbonyl (C=O) groups excluding carboxylic acids is 1. The van der Waals surface area contributed by atoms with Gasteiger partial charge in [-0.1, -0.05) is 320 Å². The predicted octanol–water partition coefficient (Wildman–Crippen LogP) is 19.4. The summed E-state index contributed by atoms with van der Waals surface area (Å²) in [7, 11) is 0. The molecule has 0 aliphatic heterocycles. The summed E-state index contributed by atoms with van der Waals surface area (Å²) in [5.74, 6) is -0.324. The van der Waals surface area contributed by atoms with E-state index in [0.29, 0.717) is 6.42 Å². The van der Waals surface area contributed by atoms with Crippen molar-refractivity contribution >= 4 is 5.91 Å². The molecule has 5 heteroatoms. The van der Waals surface area contributed by atoms with Crippen LogP contribution in [-0.4, -0.2) is 46.1 Å². The normalized spacial score (nSPS) is 13.4. The first-order valence-electron chi connectivity index (χ1n) is 30.8. The van der Waals surface area contributed by atoms with Crippen LogP contribution in [0.15, 0.2) is 36.5 Å². The molecule has 3 unspecified atom stereocenters. The summed E-state index contributed by atoms with van der Waals surface area (Å²) in [4.78, 5) is 12.5. The zero-order valence-electron chi connectivity index (χ0n) is 46.0.